The van der Waals surface area contributed by atoms with Gasteiger partial charge in [-0.25, -0.2) is 14.0 Å². The Bertz CT molecular complexity index is 1630. The lowest BCUT2D eigenvalue weighted by atomic mass is 9.91. The molecular formula is C34H44FN5O6. The number of carbonyl (C=O) groups excluding carboxylic acids is 2. The summed E-state index contributed by atoms with van der Waals surface area (Å²) in [5.41, 5.74) is 1.00. The van der Waals surface area contributed by atoms with Crippen LogP contribution in [0, 0.1) is 17.7 Å². The number of fused-ring (bicyclic) bond motifs is 1. The van der Waals surface area contributed by atoms with E-state index in [-0.39, 0.29) is 35.7 Å². The number of hydrogen-bond acceptors (Lipinski definition) is 7. The Balaban J connectivity index is 1.30. The Kier molecular flexibility index (Phi) is 11.0. The molecule has 4 rings (SSSR count). The first-order valence-corrected chi connectivity index (χ1v) is 15.7. The molecule has 1 aliphatic rings. The number of nitrogens with zero attached hydrogens (tertiary/aromatic N) is 3. The first kappa shape index (κ1) is 34.4. The van der Waals surface area contributed by atoms with Crippen LogP contribution in [0.1, 0.15) is 57.5 Å². The number of rotatable bonds is 11. The SMILES string of the molecule is CCn1cc(C(=O)O)c(=O)c2cc(F)c(N3CCN(C(=O)OCc4ccc(NC(=O)[C@H](C)N[C@H](C)[C@@H](C)C(C)C)cc4)CC3)cc21. The average Bonchev–Trinajstić information content (AvgIpc) is 3.03. The molecule has 2 aromatic carbocycles. The number of aromatic carboxylic acids is 1. The molecule has 3 atom stereocenters. The third-order valence-corrected chi connectivity index (χ3v) is 8.93. The molecule has 2 heterocycles. The number of carboxylic acid groups (broad SMARTS) is 1. The van der Waals surface area contributed by atoms with Crippen molar-refractivity contribution < 1.29 is 28.6 Å². The molecule has 0 bridgehead atoms. The number of carbonyl (C=O) groups is 3. The van der Waals surface area contributed by atoms with E-state index in [2.05, 4.69) is 38.3 Å². The smallest absolute Gasteiger partial charge is 0.410 e. The van der Waals surface area contributed by atoms with Crippen LogP contribution in [-0.2, 0) is 22.7 Å². The van der Waals surface area contributed by atoms with Crippen LogP contribution in [0.25, 0.3) is 10.9 Å². The molecule has 2 amide bonds. The fraction of sp³-hybridized carbons (Fsp3) is 0.471. The lowest BCUT2D eigenvalue weighted by Gasteiger charge is -2.35. The molecule has 46 heavy (non-hydrogen) atoms. The number of halogens is 1. The molecule has 3 N–H and O–H groups in total. The number of aryl methyl sites for hydroxylation is 1. The molecule has 248 valence electrons. The normalized spacial score (nSPS) is 15.5. The molecule has 0 spiro atoms. The molecule has 0 aliphatic carbocycles. The summed E-state index contributed by atoms with van der Waals surface area (Å²) in [7, 11) is 0. The fourth-order valence-corrected chi connectivity index (χ4v) is 5.56. The van der Waals surface area contributed by atoms with E-state index < -0.39 is 28.9 Å². The standard InChI is InChI=1S/C34H44FN5O6/c1-7-38-18-27(33(43)44)31(41)26-16-28(35)30(17-29(26)38)39-12-14-40(15-13-39)34(45)46-19-24-8-10-25(11-9-24)37-32(42)23(6)36-22(5)21(4)20(2)3/h8-11,16-18,20-23,36H,7,12-15,19H2,1-6H3,(H,37,42)(H,43,44)/t21-,22+,23-/m0/s1. The predicted molar refractivity (Wildman–Crippen MR) is 176 cm³/mol. The molecule has 3 aromatic rings. The zero-order valence-corrected chi connectivity index (χ0v) is 27.3. The van der Waals surface area contributed by atoms with Crippen LogP contribution in [0.5, 0.6) is 0 Å². The topological polar surface area (TPSA) is 133 Å². The molecule has 1 aromatic heterocycles. The lowest BCUT2D eigenvalue weighted by Crippen LogP contribution is -2.49. The van der Waals surface area contributed by atoms with Gasteiger partial charge in [-0.05, 0) is 62.4 Å². The number of pyridine rings is 1. The Morgan fingerprint density at radius 3 is 2.24 bits per heavy atom. The monoisotopic (exact) mass is 637 g/mol. The number of piperazine rings is 1. The number of hydrogen-bond donors (Lipinski definition) is 3. The molecule has 11 nitrogen and oxygen atoms in total. The fourth-order valence-electron chi connectivity index (χ4n) is 5.56. The zero-order valence-electron chi connectivity index (χ0n) is 27.3. The molecule has 0 radical (unpaired) electrons. The maximum absolute atomic E-state index is 15.2. The Hall–Kier alpha value is -4.45. The van der Waals surface area contributed by atoms with Crippen LogP contribution in [0.2, 0.25) is 0 Å². The van der Waals surface area contributed by atoms with Crippen molar-refractivity contribution in [2.24, 2.45) is 11.8 Å². The second-order valence-electron chi connectivity index (χ2n) is 12.3. The van der Waals surface area contributed by atoms with Crippen molar-refractivity contribution >= 4 is 40.2 Å². The average molecular weight is 638 g/mol. The summed E-state index contributed by atoms with van der Waals surface area (Å²) < 4.78 is 22.3. The number of carboxylic acids is 1. The van der Waals surface area contributed by atoms with Crippen molar-refractivity contribution in [2.45, 2.75) is 66.8 Å². The molecule has 12 heteroatoms. The van der Waals surface area contributed by atoms with Gasteiger partial charge in [0.25, 0.3) is 0 Å². The number of nitrogens with one attached hydrogen (secondary N) is 2. The highest BCUT2D eigenvalue weighted by Gasteiger charge is 2.26. The summed E-state index contributed by atoms with van der Waals surface area (Å²) in [5.74, 6) is -1.19. The highest BCUT2D eigenvalue weighted by molar-refractivity contribution is 5.95. The summed E-state index contributed by atoms with van der Waals surface area (Å²) in [6.07, 6.45) is 0.794. The molecule has 1 fully saturated rings. The maximum atomic E-state index is 15.2. The van der Waals surface area contributed by atoms with Crippen molar-refractivity contribution in [3.05, 3.63) is 69.8 Å². The van der Waals surface area contributed by atoms with Gasteiger partial charge in [-0.2, -0.15) is 0 Å². The van der Waals surface area contributed by atoms with Gasteiger partial charge < -0.3 is 34.8 Å². The Morgan fingerprint density at radius 1 is 1.00 bits per heavy atom. The highest BCUT2D eigenvalue weighted by atomic mass is 19.1. The number of anilines is 2. The maximum Gasteiger partial charge on any atom is 0.410 e. The Labute approximate surface area is 268 Å². The number of amides is 2. The van der Waals surface area contributed by atoms with Crippen molar-refractivity contribution in [1.29, 1.82) is 0 Å². The third kappa shape index (κ3) is 7.85. The van der Waals surface area contributed by atoms with Crippen molar-refractivity contribution in [3.8, 4) is 0 Å². The molecule has 1 saturated heterocycles. The van der Waals surface area contributed by atoms with Gasteiger partial charge in [0.15, 0.2) is 0 Å². The van der Waals surface area contributed by atoms with E-state index in [1.54, 1.807) is 44.7 Å². The van der Waals surface area contributed by atoms with Crippen LogP contribution >= 0.6 is 0 Å². The third-order valence-electron chi connectivity index (χ3n) is 8.93. The van der Waals surface area contributed by atoms with Gasteiger partial charge in [0, 0.05) is 56.0 Å². The number of benzene rings is 2. The van der Waals surface area contributed by atoms with E-state index in [0.717, 1.165) is 11.6 Å². The minimum Gasteiger partial charge on any atom is -0.477 e. The van der Waals surface area contributed by atoms with Crippen LogP contribution < -0.4 is 21.0 Å². The first-order valence-electron chi connectivity index (χ1n) is 15.7. The molecule has 0 saturated carbocycles. The van der Waals surface area contributed by atoms with E-state index in [9.17, 15) is 24.3 Å². The molecule has 0 unspecified atom stereocenters. The molecular weight excluding hydrogens is 593 g/mol. The van der Waals surface area contributed by atoms with Gasteiger partial charge in [-0.1, -0.05) is 32.9 Å². The van der Waals surface area contributed by atoms with Crippen molar-refractivity contribution in [2.75, 3.05) is 36.4 Å². The van der Waals surface area contributed by atoms with Gasteiger partial charge in [0.05, 0.1) is 17.2 Å². The quantitative estimate of drug-likeness (QED) is 0.270. The number of aromatic nitrogens is 1. The van der Waals surface area contributed by atoms with Crippen LogP contribution in [0.15, 0.2) is 47.4 Å². The highest BCUT2D eigenvalue weighted by Crippen LogP contribution is 2.27. The van der Waals surface area contributed by atoms with Gasteiger partial charge in [0.2, 0.25) is 11.3 Å². The van der Waals surface area contributed by atoms with E-state index >= 15 is 4.39 Å². The van der Waals surface area contributed by atoms with Crippen LogP contribution in [0.4, 0.5) is 20.6 Å². The van der Waals surface area contributed by atoms with Gasteiger partial charge in [0.1, 0.15) is 18.0 Å². The van der Waals surface area contributed by atoms with Crippen molar-refractivity contribution in [3.63, 3.8) is 0 Å². The minimum atomic E-state index is -1.36. The Morgan fingerprint density at radius 2 is 1.65 bits per heavy atom. The second-order valence-corrected chi connectivity index (χ2v) is 12.3. The van der Waals surface area contributed by atoms with Gasteiger partial charge >= 0.3 is 12.1 Å². The largest absolute Gasteiger partial charge is 0.477 e. The summed E-state index contributed by atoms with van der Waals surface area (Å²) in [4.78, 5) is 53.0. The van der Waals surface area contributed by atoms with Gasteiger partial charge in [-0.3, -0.25) is 9.59 Å². The van der Waals surface area contributed by atoms with Crippen LogP contribution in [0.3, 0.4) is 0 Å². The number of ether oxygens (including phenoxy) is 1. The summed E-state index contributed by atoms with van der Waals surface area (Å²) in [5, 5.41) is 15.7. The summed E-state index contributed by atoms with van der Waals surface area (Å²) in [6, 6.07) is 9.61. The summed E-state index contributed by atoms with van der Waals surface area (Å²) in [6.45, 7) is 14.0. The molecule has 1 aliphatic heterocycles. The lowest BCUT2D eigenvalue weighted by molar-refractivity contribution is -0.118. The van der Waals surface area contributed by atoms with E-state index in [4.69, 9.17) is 4.74 Å². The van der Waals surface area contributed by atoms with E-state index in [1.807, 2.05) is 13.8 Å². The zero-order chi connectivity index (χ0) is 33.7. The minimum absolute atomic E-state index is 0.00796. The van der Waals surface area contributed by atoms with E-state index in [1.165, 1.54) is 6.20 Å². The predicted octanol–water partition coefficient (Wildman–Crippen LogP) is 4.91. The van der Waals surface area contributed by atoms with Crippen molar-refractivity contribution in [1.82, 2.24) is 14.8 Å². The first-order chi connectivity index (χ1) is 21.8. The van der Waals surface area contributed by atoms with Gasteiger partial charge in [-0.15, -0.1) is 0 Å². The van der Waals surface area contributed by atoms with Crippen LogP contribution in [-0.4, -0.2) is 70.8 Å². The van der Waals surface area contributed by atoms with E-state index in [0.29, 0.717) is 55.8 Å². The summed E-state index contributed by atoms with van der Waals surface area (Å²) >= 11 is 0. The second kappa shape index (κ2) is 14.8.